The van der Waals surface area contributed by atoms with Crippen LogP contribution in [-0.4, -0.2) is 163 Å². The van der Waals surface area contributed by atoms with E-state index in [2.05, 4.69) is 76.2 Å². The SMILES string of the molecule is CC1(C)CCC(CN2CCN(c3ccc(C(=O)NS(=O)(=O)c4ccc(NCC5CCN(C6CCN(CCCCNc7cccc8c7C(=O)N(C7CCC(=O)NC7=O)C8=O)CC6)CC5)c([N+](=O)[O-])c4)c(Oc4cnc5[nH]ccc5c4)c3)CC2)=C(c2ccc(Cl)cc2)C1. The van der Waals surface area contributed by atoms with Gasteiger partial charge in [-0.2, -0.15) is 0 Å². The third-order valence-corrected chi connectivity index (χ3v) is 20.6. The fourth-order valence-electron chi connectivity index (χ4n) is 13.8. The number of benzene rings is 4. The Morgan fingerprint density at radius 2 is 1.60 bits per heavy atom. The van der Waals surface area contributed by atoms with Crippen molar-refractivity contribution in [2.45, 2.75) is 101 Å². The summed E-state index contributed by atoms with van der Waals surface area (Å²) in [6.45, 7) is 14.3. The maximum Gasteiger partial charge on any atom is 0.293 e. The van der Waals surface area contributed by atoms with E-state index in [1.165, 1.54) is 35.0 Å². The molecule has 6 aliphatic rings. The molecule has 1 aliphatic carbocycles. The number of H-pyrrole nitrogens is 1. The second kappa shape index (κ2) is 26.9. The maximum atomic E-state index is 14.2. The molecule has 4 fully saturated rings. The van der Waals surface area contributed by atoms with Crippen LogP contribution in [0.4, 0.5) is 22.7 Å². The zero-order valence-electron chi connectivity index (χ0n) is 51.3. The quantitative estimate of drug-likeness (QED) is 0.0194. The molecule has 4 aromatic carbocycles. The van der Waals surface area contributed by atoms with E-state index in [1.54, 1.807) is 48.7 Å². The number of piperazine rings is 1. The highest BCUT2D eigenvalue weighted by Crippen LogP contribution is 2.44. The minimum absolute atomic E-state index is 0.0526. The molecule has 0 bridgehead atoms. The van der Waals surface area contributed by atoms with Gasteiger partial charge in [-0.1, -0.05) is 49.2 Å². The van der Waals surface area contributed by atoms with E-state index in [0.29, 0.717) is 49.3 Å². The van der Waals surface area contributed by atoms with E-state index in [9.17, 15) is 42.5 Å². The van der Waals surface area contributed by atoms with Gasteiger partial charge in [0.1, 0.15) is 28.9 Å². The van der Waals surface area contributed by atoms with Gasteiger partial charge in [-0.15, -0.1) is 0 Å². The summed E-state index contributed by atoms with van der Waals surface area (Å²) >= 11 is 6.28. The summed E-state index contributed by atoms with van der Waals surface area (Å²) in [5, 5.41) is 22.9. The number of likely N-dealkylation sites (tertiary alicyclic amines) is 2. The average Bonchev–Trinajstić information content (AvgIpc) is 1.65. The summed E-state index contributed by atoms with van der Waals surface area (Å²) in [4.78, 5) is 94.9. The number of amides is 5. The Hall–Kier alpha value is -8.22. The largest absolute Gasteiger partial charge is 0.455 e. The first-order valence-corrected chi connectivity index (χ1v) is 33.5. The fraction of sp³-hybridized carbons (Fsp3) is 0.433. The van der Waals surface area contributed by atoms with Crippen molar-refractivity contribution in [3.05, 3.63) is 146 Å². The van der Waals surface area contributed by atoms with E-state index in [4.69, 9.17) is 16.3 Å². The number of hydrogen-bond donors (Lipinski definition) is 5. The molecule has 12 rings (SSSR count). The molecule has 2 aromatic heterocycles. The summed E-state index contributed by atoms with van der Waals surface area (Å²) < 4.78 is 36.6. The number of imide groups is 2. The Labute approximate surface area is 534 Å². The Morgan fingerprint density at radius 1 is 0.824 bits per heavy atom. The number of anilines is 3. The number of pyridine rings is 1. The fourth-order valence-corrected chi connectivity index (χ4v) is 14.9. The highest BCUT2D eigenvalue weighted by Gasteiger charge is 2.46. The molecule has 5 aliphatic heterocycles. The number of nitrogens with one attached hydrogen (secondary N) is 5. The number of ether oxygens (including phenoxy) is 1. The summed E-state index contributed by atoms with van der Waals surface area (Å²) in [5.74, 6) is -2.39. The van der Waals surface area contributed by atoms with Crippen LogP contribution in [0.2, 0.25) is 5.02 Å². The third kappa shape index (κ3) is 14.3. The van der Waals surface area contributed by atoms with Gasteiger partial charge in [0.2, 0.25) is 11.8 Å². The lowest BCUT2D eigenvalue weighted by Gasteiger charge is -2.42. The number of sulfonamides is 1. The molecule has 1 atom stereocenters. The number of nitro groups is 1. The summed E-state index contributed by atoms with van der Waals surface area (Å²) in [7, 11) is -4.63. The number of unbranched alkanes of at least 4 members (excludes halogenated alkanes) is 1. The zero-order valence-corrected chi connectivity index (χ0v) is 52.9. The molecule has 24 heteroatoms. The van der Waals surface area contributed by atoms with E-state index in [0.717, 1.165) is 137 Å². The molecular formula is C67H77ClN12O10S. The van der Waals surface area contributed by atoms with E-state index in [-0.39, 0.29) is 52.3 Å². The molecular weight excluding hydrogens is 1200 g/mol. The van der Waals surface area contributed by atoms with Gasteiger partial charge in [0.25, 0.3) is 33.4 Å². The summed E-state index contributed by atoms with van der Waals surface area (Å²) in [6.07, 6.45) is 12.3. The average molecular weight is 1280 g/mol. The maximum absolute atomic E-state index is 14.2. The molecule has 1 unspecified atom stereocenters. The number of carbonyl (C=O) groups is 5. The molecule has 5 N–H and O–H groups in total. The van der Waals surface area contributed by atoms with Crippen LogP contribution in [0.1, 0.15) is 121 Å². The highest BCUT2D eigenvalue weighted by molar-refractivity contribution is 7.90. The van der Waals surface area contributed by atoms with Crippen molar-refractivity contribution in [1.29, 1.82) is 0 Å². The first-order valence-electron chi connectivity index (χ1n) is 31.7. The van der Waals surface area contributed by atoms with Crippen LogP contribution in [0.15, 0.2) is 114 Å². The van der Waals surface area contributed by atoms with E-state index < -0.39 is 61.1 Å². The number of aromatic amines is 1. The molecule has 22 nitrogen and oxygen atoms in total. The minimum Gasteiger partial charge on any atom is -0.455 e. The van der Waals surface area contributed by atoms with Gasteiger partial charge in [0.15, 0.2) is 0 Å². The van der Waals surface area contributed by atoms with Crippen molar-refractivity contribution < 1.29 is 42.1 Å². The Kier molecular flexibility index (Phi) is 18.6. The van der Waals surface area contributed by atoms with Crippen LogP contribution in [0.3, 0.4) is 0 Å². The Balaban J connectivity index is 0.613. The molecule has 7 heterocycles. The Morgan fingerprint density at radius 3 is 2.36 bits per heavy atom. The lowest BCUT2D eigenvalue weighted by atomic mass is 9.72. The van der Waals surface area contributed by atoms with Gasteiger partial charge < -0.3 is 35.1 Å². The normalized spacial score (nSPS) is 19.8. The van der Waals surface area contributed by atoms with Gasteiger partial charge >= 0.3 is 0 Å². The number of carbonyl (C=O) groups excluding carboxylic acids is 5. The van der Waals surface area contributed by atoms with Crippen LogP contribution in [-0.2, 0) is 19.6 Å². The number of nitrogens with zero attached hydrogens (tertiary/aromatic N) is 7. The predicted octanol–water partition coefficient (Wildman–Crippen LogP) is 9.70. The standard InChI is InChI=1S/C67H77ClN12O10S/c1-67(2)24-18-46(54(39-67)44-8-10-47(68)11-9-44)42-76-32-34-78(35-33-76)49-12-14-52(59(37-49)90-50-36-45-19-26-70-62(45)72-41-50)63(82)74-91(88,89)51-13-15-55(58(38-51)80(86)87)71-40-43-20-30-77(31-21-43)48-22-28-75(29-23-48)27-4-3-25-69-56-7-5-6-53-61(56)66(85)79(65(53)84)57-16-17-60(81)73-64(57)83/h5-15,19,26,36-38,41,43,48,57,69,71H,3-4,16-18,20-25,27-35,39-40,42H2,1-2H3,(H,70,72)(H,74,82)(H,73,81,83). The lowest BCUT2D eigenvalue weighted by molar-refractivity contribution is -0.384. The van der Waals surface area contributed by atoms with Crippen molar-refractivity contribution in [2.75, 3.05) is 94.1 Å². The van der Waals surface area contributed by atoms with Crippen LogP contribution < -0.4 is 30.3 Å². The second-order valence-corrected chi connectivity index (χ2v) is 27.8. The number of allylic oxidation sites excluding steroid dienone is 1. The molecule has 0 radical (unpaired) electrons. The highest BCUT2D eigenvalue weighted by atomic mass is 35.5. The first-order chi connectivity index (χ1) is 43.8. The molecule has 91 heavy (non-hydrogen) atoms. The van der Waals surface area contributed by atoms with E-state index in [1.807, 2.05) is 18.2 Å². The minimum atomic E-state index is -4.63. The van der Waals surface area contributed by atoms with Crippen molar-refractivity contribution >= 4 is 90.5 Å². The number of hydrogen-bond acceptors (Lipinski definition) is 17. The smallest absolute Gasteiger partial charge is 0.293 e. The van der Waals surface area contributed by atoms with Crippen molar-refractivity contribution in [2.24, 2.45) is 11.3 Å². The van der Waals surface area contributed by atoms with Crippen LogP contribution in [0.25, 0.3) is 16.6 Å². The van der Waals surface area contributed by atoms with Gasteiger partial charge in [-0.3, -0.25) is 49.2 Å². The van der Waals surface area contributed by atoms with Crippen LogP contribution in [0.5, 0.6) is 11.5 Å². The molecule has 5 amide bonds. The third-order valence-electron chi connectivity index (χ3n) is 19.0. The van der Waals surface area contributed by atoms with Gasteiger partial charge in [-0.25, -0.2) is 18.1 Å². The molecule has 6 aromatic rings. The predicted molar refractivity (Wildman–Crippen MR) is 348 cm³/mol. The number of fused-ring (bicyclic) bond motifs is 2. The molecule has 4 saturated heterocycles. The van der Waals surface area contributed by atoms with Gasteiger partial charge in [0.05, 0.1) is 32.7 Å². The second-order valence-electron chi connectivity index (χ2n) is 25.7. The van der Waals surface area contributed by atoms with Gasteiger partial charge in [-0.05, 0) is 180 Å². The number of piperidine rings is 3. The summed E-state index contributed by atoms with van der Waals surface area (Å²) in [6, 6.07) is 25.0. The Bertz CT molecular complexity index is 3930. The molecule has 0 spiro atoms. The zero-order chi connectivity index (χ0) is 63.6. The van der Waals surface area contributed by atoms with Crippen molar-refractivity contribution in [3.8, 4) is 11.5 Å². The van der Waals surface area contributed by atoms with Crippen molar-refractivity contribution in [1.82, 2.24) is 39.6 Å². The van der Waals surface area contributed by atoms with Crippen LogP contribution in [0, 0.1) is 21.4 Å². The lowest BCUT2D eigenvalue weighted by Crippen LogP contribution is -2.54. The number of aromatic nitrogens is 2. The van der Waals surface area contributed by atoms with Crippen LogP contribution >= 0.6 is 11.6 Å². The number of rotatable bonds is 21. The molecule has 478 valence electrons. The van der Waals surface area contributed by atoms with E-state index >= 15 is 0 Å². The number of nitro benzene ring substituents is 1. The molecule has 0 saturated carbocycles. The monoisotopic (exact) mass is 1280 g/mol. The topological polar surface area (TPSA) is 265 Å². The van der Waals surface area contributed by atoms with Crippen molar-refractivity contribution in [3.63, 3.8) is 0 Å². The summed E-state index contributed by atoms with van der Waals surface area (Å²) in [5.41, 5.74) is 6.50. The first kappa shape index (κ1) is 63.0. The van der Waals surface area contributed by atoms with Gasteiger partial charge in [0, 0.05) is 98.4 Å². The number of halogens is 1.